The molecule has 0 aromatic rings. The lowest BCUT2D eigenvalue weighted by molar-refractivity contribution is -0.389. The van der Waals surface area contributed by atoms with Gasteiger partial charge in [0.05, 0.1) is 46.2 Å². The van der Waals surface area contributed by atoms with Crippen LogP contribution in [0.25, 0.3) is 0 Å². The summed E-state index contributed by atoms with van der Waals surface area (Å²) in [7, 11) is -93.4. The van der Waals surface area contributed by atoms with E-state index < -0.39 is 407 Å². The molecule has 21 saturated heterocycles. The van der Waals surface area contributed by atoms with Crippen molar-refractivity contribution in [1.29, 1.82) is 0 Å². The lowest BCUT2D eigenvalue weighted by atomic mass is 9.95. The van der Waals surface area contributed by atoms with Gasteiger partial charge in [-0.3, -0.25) is 63.7 Å². The maximum absolute atomic E-state index is 13.0. The van der Waals surface area contributed by atoms with Crippen LogP contribution in [0.3, 0.4) is 0 Å². The van der Waals surface area contributed by atoms with Gasteiger partial charge in [-0.2, -0.15) is 118 Å². The van der Waals surface area contributed by atoms with Gasteiger partial charge in [0.25, 0.3) is 0 Å². The fraction of sp³-hybridized carbons (Fsp3) is 1.00. The molecule has 784 valence electrons. The van der Waals surface area contributed by atoms with E-state index in [4.69, 9.17) is 66.3 Å². The van der Waals surface area contributed by atoms with Gasteiger partial charge in [0, 0.05) is 0 Å². The summed E-state index contributed by atoms with van der Waals surface area (Å²) < 4.78 is 645. The second-order valence-electron chi connectivity index (χ2n) is 26.7. The molecule has 21 heterocycles. The first-order valence-electron chi connectivity index (χ1n) is 33.9. The average molecular weight is 2260 g/mol. The molecule has 133 heavy (non-hydrogen) atoms. The molecule has 35 atom stereocenters. The first-order chi connectivity index (χ1) is 60.2. The van der Waals surface area contributed by atoms with Crippen molar-refractivity contribution < 1.29 is 342 Å². The molecule has 0 unspecified atom stereocenters. The van der Waals surface area contributed by atoms with Crippen LogP contribution in [0.1, 0.15) is 0 Å². The standard InChI is InChI=1S/C42H70O77S14/c43-1-8-17-24(108-122(56,57)58)31(115-129(77,78)79)38(94-8)103-19-10(3-45)96-40(33(117-131(83,84)85)26(19)110-124(62,63)64)105-21-12(5-47)98-42(35(119-133(89,90)91)28(21)112-126(68,69)70)106-22-13(6-48)97-41(34(118-132(86,87)88)29(22)113-127(71,72)73)104-20-11(4-46)95-39(32(116-130(80,81)82)27(20)111-125(65,66)67)102-18-9(2-44)93-37(30(114-128(74,75)76)25(18)109-123(59,60)61)100-16-14(7-92-120(50,51)52)99-36(101-17)23(15(16)49)107-121(53,54)55/h8-49H,1-7H2,(H,50,51,52)(H,53,54,55)(H,56,57,58)(H,59,60,61)(H,62,63,64)(H,65,66,67)(H,68,69,70)(H,71,72,73)(H,74,75,76)(H,77,78,79)(H,80,81,82)(H,83,84,85)(H,86,87,88)(H,89,90,91)/t8-,9-,10-,11-,12-,13-,14-,15+,16-,17-,18-,19-,20-,21-,22-,23-,24+,25+,26+,27+,28+,29+,30-,31-,32+,33-,34-,35-,36-,37-,38-,39-,40-,41-,42-/m0/s1. The zero-order valence-electron chi connectivity index (χ0n) is 63.1. The van der Waals surface area contributed by atoms with Gasteiger partial charge in [0.1, 0.15) is 128 Å². The molecule has 77 nitrogen and oxygen atoms in total. The third-order valence-corrected chi connectivity index (χ3v) is 24.2. The van der Waals surface area contributed by atoms with Gasteiger partial charge in [-0.05, 0) is 0 Å². The van der Waals surface area contributed by atoms with Crippen molar-refractivity contribution in [1.82, 2.24) is 0 Å². The quantitative estimate of drug-likeness (QED) is 0.0262. The SMILES string of the molecule is O=S(=O)(O)OC[C@@H]1O[C@H]2O[C@@H]3[C@@H](OS(=O)(=O)O)[C@H](OS(=O)(=O)O)[C@H](O[C@@H]4[C@@H](OS(=O)(=O)O)[C@H](OS(=O)(=O)O)[C@H](O[C@@H]5[C@@H](OS(=O)(=O)O)[C@H](OS(=O)(=O)O)[C@H](O[C@@H]6[C@@H](OS(=O)(=O)O)[C@H](OS(=O)(=O)O)[C@H](O[C@@H]7[C@@H](OS(=O)(=O)O)[C@@H](OS(=O)(=O)O)[C@H](O[C@@H]8[C@@H](OS(=O)(=O)O)[C@H](OS(=O)(=O)O)[C@H](O[C@@H]1[C@@H](O)[C@@H]2OS(=O)(=O)O)O[C@H]8CO)O[C@H]7CO)O[C@H]6CO)O[C@H]5CO)O[C@H]4CO)O[C@H]3CO. The highest BCUT2D eigenvalue weighted by Gasteiger charge is 2.67. The molecule has 0 amide bonds. The van der Waals surface area contributed by atoms with Crippen LogP contribution in [0.5, 0.6) is 0 Å². The van der Waals surface area contributed by atoms with E-state index in [9.17, 15) is 217 Å². The Morgan fingerprint density at radius 2 is 0.293 bits per heavy atom. The Hall–Kier alpha value is -2.66. The Kier molecular flexibility index (Phi) is 37.8. The number of hydrogen-bond donors (Lipinski definition) is 21. The first kappa shape index (κ1) is 116. The second kappa shape index (κ2) is 43.5. The summed E-state index contributed by atoms with van der Waals surface area (Å²) in [6.07, 6.45) is -125. The molecule has 21 rings (SSSR count). The molecular weight excluding hydrogens is 2190 g/mol. The molecule has 0 aromatic carbocycles. The highest BCUT2D eigenvalue weighted by molar-refractivity contribution is 7.84. The highest BCUT2D eigenvalue weighted by atomic mass is 32.3. The van der Waals surface area contributed by atoms with Gasteiger partial charge in [0.2, 0.25) is 0 Å². The molecule has 0 spiro atoms. The molecule has 0 radical (unpaired) electrons. The van der Waals surface area contributed by atoms with Crippen LogP contribution >= 0.6 is 0 Å². The number of ether oxygens (including phenoxy) is 14. The van der Waals surface area contributed by atoms with Crippen molar-refractivity contribution in [2.75, 3.05) is 46.2 Å². The second-order valence-corrected chi connectivity index (χ2v) is 41.4. The van der Waals surface area contributed by atoms with Crippen LogP contribution in [0.2, 0.25) is 0 Å². The number of hydrogen-bond acceptors (Lipinski definition) is 63. The largest absolute Gasteiger partial charge is 0.397 e. The van der Waals surface area contributed by atoms with Gasteiger partial charge in [-0.15, -0.1) is 0 Å². The van der Waals surface area contributed by atoms with Crippen molar-refractivity contribution >= 4 is 146 Å². The molecule has 0 aromatic heterocycles. The molecule has 21 fully saturated rings. The minimum Gasteiger partial charge on any atom is -0.394 e. The van der Waals surface area contributed by atoms with E-state index in [-0.39, 0.29) is 0 Å². The molecule has 21 N–H and O–H groups in total. The molecule has 14 bridgehead atoms. The van der Waals surface area contributed by atoms with E-state index in [1.807, 2.05) is 0 Å². The van der Waals surface area contributed by atoms with Crippen LogP contribution < -0.4 is 0 Å². The number of aliphatic hydroxyl groups excluding tert-OH is 7. The smallest absolute Gasteiger partial charge is 0.394 e. The minimum atomic E-state index is -6.72. The monoisotopic (exact) mass is 2250 g/mol. The average Bonchev–Trinajstić information content (AvgIpc) is 0.790. The van der Waals surface area contributed by atoms with Crippen molar-refractivity contribution in [2.24, 2.45) is 0 Å². The van der Waals surface area contributed by atoms with E-state index in [2.05, 4.69) is 58.6 Å². The Morgan fingerprint density at radius 1 is 0.165 bits per heavy atom. The van der Waals surface area contributed by atoms with Crippen LogP contribution in [0, 0.1) is 0 Å². The zero-order valence-corrected chi connectivity index (χ0v) is 74.6. The molecule has 0 saturated carbocycles. The Labute approximate surface area is 744 Å². The topological polar surface area (TPSA) is 1160 Å². The van der Waals surface area contributed by atoms with Crippen molar-refractivity contribution in [2.45, 2.75) is 215 Å². The minimum absolute atomic E-state index is 2.15. The maximum Gasteiger partial charge on any atom is 0.397 e. The predicted molar refractivity (Wildman–Crippen MR) is 374 cm³/mol. The first-order valence-corrected chi connectivity index (χ1v) is 53.0. The van der Waals surface area contributed by atoms with E-state index in [1.54, 1.807) is 0 Å². The molecule has 91 heteroatoms. The van der Waals surface area contributed by atoms with E-state index in [0.29, 0.717) is 0 Å². The molecule has 21 aliphatic heterocycles. The van der Waals surface area contributed by atoms with Gasteiger partial charge in [-0.1, -0.05) is 0 Å². The summed E-state index contributed by atoms with van der Waals surface area (Å²) in [5.74, 6) is 0. The fourth-order valence-corrected chi connectivity index (χ4v) is 20.2. The van der Waals surface area contributed by atoms with E-state index in [0.717, 1.165) is 0 Å². The highest BCUT2D eigenvalue weighted by Crippen LogP contribution is 2.46. The third kappa shape index (κ3) is 34.0. The van der Waals surface area contributed by atoms with Crippen LogP contribution in [-0.4, -0.2) is 479 Å². The lowest BCUT2D eigenvalue weighted by Crippen LogP contribution is -2.70. The normalized spacial score (nSPS) is 38.8. The van der Waals surface area contributed by atoms with Crippen LogP contribution in [0.15, 0.2) is 0 Å². The molecule has 21 aliphatic rings. The maximum atomic E-state index is 13.0. The lowest BCUT2D eigenvalue weighted by Gasteiger charge is -2.51. The van der Waals surface area contributed by atoms with Crippen molar-refractivity contribution in [3.8, 4) is 0 Å². The van der Waals surface area contributed by atoms with E-state index in [1.165, 1.54) is 0 Å². The summed E-state index contributed by atoms with van der Waals surface area (Å²) in [5, 5.41) is 78.5. The third-order valence-electron chi connectivity index (χ3n) is 17.7. The number of aliphatic hydroxyl groups is 7. The Bertz CT molecular complexity index is 5560. The summed E-state index contributed by atoms with van der Waals surface area (Å²) in [6.45, 7) is -15.2. The Balaban J connectivity index is 1.49. The predicted octanol–water partition coefficient (Wildman–Crippen LogP) is -17.7. The molecular formula is C42H70O77S14. The molecule has 0 aliphatic carbocycles. The van der Waals surface area contributed by atoms with Crippen molar-refractivity contribution in [3.63, 3.8) is 0 Å². The number of rotatable bonds is 35. The van der Waals surface area contributed by atoms with Gasteiger partial charge >= 0.3 is 146 Å². The van der Waals surface area contributed by atoms with Crippen LogP contribution in [-0.2, 0) is 270 Å². The summed E-state index contributed by atoms with van der Waals surface area (Å²) in [5.41, 5.74) is 0. The van der Waals surface area contributed by atoms with Crippen molar-refractivity contribution in [3.05, 3.63) is 0 Å². The summed E-state index contributed by atoms with van der Waals surface area (Å²) >= 11 is 0. The van der Waals surface area contributed by atoms with Gasteiger partial charge in [-0.25, -0.2) is 58.6 Å². The van der Waals surface area contributed by atoms with Gasteiger partial charge in [0.15, 0.2) is 86.8 Å². The summed E-state index contributed by atoms with van der Waals surface area (Å²) in [6, 6.07) is 0. The fourth-order valence-electron chi connectivity index (χ4n) is 13.5. The summed E-state index contributed by atoms with van der Waals surface area (Å²) in [4.78, 5) is 0. The van der Waals surface area contributed by atoms with Crippen LogP contribution in [0.4, 0.5) is 0 Å². The zero-order chi connectivity index (χ0) is 101. The van der Waals surface area contributed by atoms with E-state index >= 15 is 0 Å². The Morgan fingerprint density at radius 3 is 0.436 bits per heavy atom. The van der Waals surface area contributed by atoms with Gasteiger partial charge < -0.3 is 102 Å².